The third-order valence-electron chi connectivity index (χ3n) is 3.37. The van der Waals surface area contributed by atoms with Crippen LogP contribution in [0.2, 0.25) is 0 Å². The molecule has 1 heterocycles. The topological polar surface area (TPSA) is 6.48 Å². The van der Waals surface area contributed by atoms with Crippen molar-refractivity contribution in [2.45, 2.75) is 51.9 Å². The molecule has 2 nitrogen and oxygen atoms in total. The Hall–Kier alpha value is -0.290. The number of unbranched alkanes of at least 4 members (excludes halogenated alkanes) is 1. The quantitative estimate of drug-likeness (QED) is 0.759. The zero-order valence-electron chi connectivity index (χ0n) is 10.9. The van der Waals surface area contributed by atoms with Crippen molar-refractivity contribution in [3.05, 3.63) is 0 Å². The molecule has 0 aromatic heterocycles. The van der Waals surface area contributed by atoms with Crippen LogP contribution in [0, 0.1) is 0 Å². The molecule has 1 atom stereocenters. The molecule has 0 aliphatic carbocycles. The van der Waals surface area contributed by atoms with Gasteiger partial charge in [-0.05, 0) is 26.8 Å². The molecular formula is C12H23F3N2. The summed E-state index contributed by atoms with van der Waals surface area (Å²) in [7, 11) is 0. The van der Waals surface area contributed by atoms with Crippen LogP contribution in [-0.2, 0) is 0 Å². The molecule has 0 radical (unpaired) electrons. The minimum absolute atomic E-state index is 0.0463. The fourth-order valence-corrected chi connectivity index (χ4v) is 2.35. The zero-order chi connectivity index (χ0) is 13.1. The van der Waals surface area contributed by atoms with Crippen LogP contribution in [0.5, 0.6) is 0 Å². The van der Waals surface area contributed by atoms with E-state index < -0.39 is 12.2 Å². The molecule has 1 fully saturated rings. The second-order valence-electron chi connectivity index (χ2n) is 5.04. The molecule has 0 aromatic rings. The molecule has 0 amide bonds. The van der Waals surface area contributed by atoms with Crippen molar-refractivity contribution in [3.63, 3.8) is 0 Å². The van der Waals surface area contributed by atoms with Crippen molar-refractivity contribution in [3.8, 4) is 0 Å². The van der Waals surface area contributed by atoms with E-state index in [9.17, 15) is 13.2 Å². The van der Waals surface area contributed by atoms with Gasteiger partial charge in [0.2, 0.25) is 0 Å². The second-order valence-corrected chi connectivity index (χ2v) is 5.04. The number of halogens is 3. The Morgan fingerprint density at radius 1 is 1.24 bits per heavy atom. The third kappa shape index (κ3) is 4.14. The highest BCUT2D eigenvalue weighted by Crippen LogP contribution is 2.29. The molecule has 0 N–H and O–H groups in total. The van der Waals surface area contributed by atoms with Crippen LogP contribution in [0.25, 0.3) is 0 Å². The van der Waals surface area contributed by atoms with Crippen LogP contribution < -0.4 is 0 Å². The first-order valence-electron chi connectivity index (χ1n) is 6.41. The number of hydrogen-bond acceptors (Lipinski definition) is 2. The first-order valence-corrected chi connectivity index (χ1v) is 6.41. The Morgan fingerprint density at radius 2 is 1.88 bits per heavy atom. The van der Waals surface area contributed by atoms with E-state index in [1.54, 1.807) is 4.90 Å². The van der Waals surface area contributed by atoms with Crippen molar-refractivity contribution < 1.29 is 13.2 Å². The molecule has 17 heavy (non-hydrogen) atoms. The van der Waals surface area contributed by atoms with Crippen LogP contribution in [-0.4, -0.2) is 54.2 Å². The lowest BCUT2D eigenvalue weighted by Crippen LogP contribution is -2.60. The lowest BCUT2D eigenvalue weighted by Gasteiger charge is -2.44. The minimum Gasteiger partial charge on any atom is -0.300 e. The maximum Gasteiger partial charge on any atom is 0.405 e. The van der Waals surface area contributed by atoms with Crippen molar-refractivity contribution in [1.82, 2.24) is 9.80 Å². The number of piperazine rings is 1. The molecule has 0 aromatic carbocycles. The summed E-state index contributed by atoms with van der Waals surface area (Å²) in [6.45, 7) is 7.92. The van der Waals surface area contributed by atoms with Crippen molar-refractivity contribution in [2.75, 3.05) is 26.2 Å². The van der Waals surface area contributed by atoms with Gasteiger partial charge in [0.25, 0.3) is 0 Å². The van der Waals surface area contributed by atoms with Gasteiger partial charge in [-0.2, -0.15) is 13.2 Å². The third-order valence-corrected chi connectivity index (χ3v) is 3.37. The molecule has 0 spiro atoms. The van der Waals surface area contributed by atoms with E-state index >= 15 is 0 Å². The predicted molar refractivity (Wildman–Crippen MR) is 63.0 cm³/mol. The van der Waals surface area contributed by atoms with Crippen LogP contribution in [0.1, 0.15) is 33.6 Å². The maximum absolute atomic E-state index is 13.0. The van der Waals surface area contributed by atoms with Gasteiger partial charge in [0, 0.05) is 25.7 Å². The number of alkyl halides is 3. The SMILES string of the molecule is CCCCN1CCN(C(C)C)C(C(F)(F)F)C1. The summed E-state index contributed by atoms with van der Waals surface area (Å²) in [4.78, 5) is 3.52. The molecule has 1 unspecified atom stereocenters. The normalized spacial score (nSPS) is 24.5. The Kier molecular flexibility index (Phi) is 5.25. The highest BCUT2D eigenvalue weighted by atomic mass is 19.4. The molecular weight excluding hydrogens is 229 g/mol. The van der Waals surface area contributed by atoms with Gasteiger partial charge in [-0.15, -0.1) is 0 Å². The molecule has 1 saturated heterocycles. The van der Waals surface area contributed by atoms with Crippen molar-refractivity contribution in [1.29, 1.82) is 0 Å². The van der Waals surface area contributed by atoms with E-state index in [2.05, 4.69) is 6.92 Å². The molecule has 0 saturated carbocycles. The Morgan fingerprint density at radius 3 is 2.35 bits per heavy atom. The smallest absolute Gasteiger partial charge is 0.300 e. The number of hydrogen-bond donors (Lipinski definition) is 0. The summed E-state index contributed by atoms with van der Waals surface area (Å²) in [6, 6.07) is -1.34. The van der Waals surface area contributed by atoms with E-state index in [1.165, 1.54) is 0 Å². The van der Waals surface area contributed by atoms with Crippen molar-refractivity contribution in [2.24, 2.45) is 0 Å². The fraction of sp³-hybridized carbons (Fsp3) is 1.00. The average molecular weight is 252 g/mol. The second kappa shape index (κ2) is 6.05. The lowest BCUT2D eigenvalue weighted by atomic mass is 10.1. The summed E-state index contributed by atoms with van der Waals surface area (Å²) in [5.41, 5.74) is 0. The standard InChI is InChI=1S/C12H23F3N2/c1-4-5-6-16-7-8-17(10(2)3)11(9-16)12(13,14)15/h10-11H,4-9H2,1-3H3. The summed E-state index contributed by atoms with van der Waals surface area (Å²) in [6.07, 6.45) is -2.11. The van der Waals surface area contributed by atoms with Gasteiger partial charge in [0.15, 0.2) is 0 Å². The summed E-state index contributed by atoms with van der Waals surface area (Å²) in [5, 5.41) is 0. The average Bonchev–Trinajstić information content (AvgIpc) is 2.24. The van der Waals surface area contributed by atoms with E-state index in [1.807, 2.05) is 18.7 Å². The van der Waals surface area contributed by atoms with E-state index in [0.717, 1.165) is 25.9 Å². The number of rotatable bonds is 4. The van der Waals surface area contributed by atoms with Crippen molar-refractivity contribution >= 4 is 0 Å². The van der Waals surface area contributed by atoms with Gasteiger partial charge in [0.05, 0.1) is 0 Å². The highest BCUT2D eigenvalue weighted by molar-refractivity contribution is 4.88. The summed E-state index contributed by atoms with van der Waals surface area (Å²) >= 11 is 0. The Bertz CT molecular complexity index is 228. The van der Waals surface area contributed by atoms with Gasteiger partial charge in [-0.3, -0.25) is 4.90 Å². The summed E-state index contributed by atoms with van der Waals surface area (Å²) < 4.78 is 38.9. The van der Waals surface area contributed by atoms with Crippen LogP contribution in [0.3, 0.4) is 0 Å². The van der Waals surface area contributed by atoms with Crippen LogP contribution >= 0.6 is 0 Å². The molecule has 1 aliphatic rings. The van der Waals surface area contributed by atoms with E-state index in [0.29, 0.717) is 6.54 Å². The molecule has 0 bridgehead atoms. The summed E-state index contributed by atoms with van der Waals surface area (Å²) in [5.74, 6) is 0. The van der Waals surface area contributed by atoms with Crippen LogP contribution in [0.4, 0.5) is 13.2 Å². The Labute approximate surface area is 102 Å². The molecule has 5 heteroatoms. The largest absolute Gasteiger partial charge is 0.405 e. The predicted octanol–water partition coefficient (Wildman–Crippen LogP) is 2.74. The van der Waals surface area contributed by atoms with E-state index in [4.69, 9.17) is 0 Å². The van der Waals surface area contributed by atoms with Gasteiger partial charge >= 0.3 is 6.18 Å². The Balaban J connectivity index is 2.64. The molecule has 1 aliphatic heterocycles. The number of nitrogens with zero attached hydrogens (tertiary/aromatic N) is 2. The van der Waals surface area contributed by atoms with Gasteiger partial charge in [-0.1, -0.05) is 13.3 Å². The van der Waals surface area contributed by atoms with Gasteiger partial charge in [0.1, 0.15) is 6.04 Å². The van der Waals surface area contributed by atoms with Crippen LogP contribution in [0.15, 0.2) is 0 Å². The molecule has 102 valence electrons. The maximum atomic E-state index is 13.0. The first-order chi connectivity index (χ1) is 7.86. The van der Waals surface area contributed by atoms with Gasteiger partial charge < -0.3 is 4.90 Å². The lowest BCUT2D eigenvalue weighted by molar-refractivity contribution is -0.202. The zero-order valence-corrected chi connectivity index (χ0v) is 10.9. The minimum atomic E-state index is -4.12. The fourth-order valence-electron chi connectivity index (χ4n) is 2.35. The monoisotopic (exact) mass is 252 g/mol. The highest BCUT2D eigenvalue weighted by Gasteiger charge is 2.46. The first kappa shape index (κ1) is 14.8. The molecule has 1 rings (SSSR count). The van der Waals surface area contributed by atoms with E-state index in [-0.39, 0.29) is 12.6 Å². The van der Waals surface area contributed by atoms with Gasteiger partial charge in [-0.25, -0.2) is 0 Å².